The zero-order valence-electron chi connectivity index (χ0n) is 14.6. The third kappa shape index (κ3) is 4.21. The van der Waals surface area contributed by atoms with E-state index in [4.69, 9.17) is 20.8 Å². The molecular weight excluding hydrogens is 400 g/mol. The highest BCUT2D eigenvalue weighted by atomic mass is 35.5. The van der Waals surface area contributed by atoms with Crippen LogP contribution in [0.1, 0.15) is 12.3 Å². The summed E-state index contributed by atoms with van der Waals surface area (Å²) in [6.07, 6.45) is 1.53. The Morgan fingerprint density at radius 2 is 2.00 bits per heavy atom. The number of ether oxygens (including phenoxy) is 1. The predicted molar refractivity (Wildman–Crippen MR) is 106 cm³/mol. The van der Waals surface area contributed by atoms with Gasteiger partial charge in [-0.1, -0.05) is 23.7 Å². The number of nitrogens with zero attached hydrogens (tertiary/aromatic N) is 1. The lowest BCUT2D eigenvalue weighted by molar-refractivity contribution is -0.146. The smallest absolute Gasteiger partial charge is 0.307 e. The van der Waals surface area contributed by atoms with Gasteiger partial charge < -0.3 is 14.5 Å². The number of esters is 1. The average molecular weight is 415 g/mol. The summed E-state index contributed by atoms with van der Waals surface area (Å²) in [6.45, 7) is -0.0952. The van der Waals surface area contributed by atoms with Gasteiger partial charge in [-0.25, -0.2) is 4.98 Å². The van der Waals surface area contributed by atoms with Crippen LogP contribution in [0.25, 0.3) is 11.3 Å². The average Bonchev–Trinajstić information content (AvgIpc) is 3.16. The van der Waals surface area contributed by atoms with Crippen LogP contribution in [0.4, 0.5) is 5.69 Å². The highest BCUT2D eigenvalue weighted by molar-refractivity contribution is 8.01. The third-order valence-corrected chi connectivity index (χ3v) is 5.62. The number of anilines is 1. The summed E-state index contributed by atoms with van der Waals surface area (Å²) in [7, 11) is 0. The molecule has 28 heavy (non-hydrogen) atoms. The number of fused-ring (bicyclic) bond motifs is 1. The van der Waals surface area contributed by atoms with E-state index in [2.05, 4.69) is 10.3 Å². The Bertz CT molecular complexity index is 1020. The molecule has 1 atom stereocenters. The SMILES string of the molecule is O=C(C[C@H]1Sc2ccccc2NC1=O)OCc1ncc(-c2ccc(Cl)cc2)o1. The van der Waals surface area contributed by atoms with Crippen molar-refractivity contribution in [1.29, 1.82) is 0 Å². The lowest BCUT2D eigenvalue weighted by atomic mass is 10.2. The van der Waals surface area contributed by atoms with Crippen molar-refractivity contribution in [1.82, 2.24) is 4.98 Å². The molecule has 6 nitrogen and oxygen atoms in total. The van der Waals surface area contributed by atoms with Gasteiger partial charge in [0.05, 0.1) is 23.6 Å². The van der Waals surface area contributed by atoms with Crippen molar-refractivity contribution >= 4 is 40.9 Å². The van der Waals surface area contributed by atoms with E-state index in [-0.39, 0.29) is 24.8 Å². The van der Waals surface area contributed by atoms with Crippen molar-refractivity contribution in [3.05, 3.63) is 65.6 Å². The van der Waals surface area contributed by atoms with Crippen molar-refractivity contribution < 1.29 is 18.7 Å². The molecule has 4 rings (SSSR count). The quantitative estimate of drug-likeness (QED) is 0.617. The van der Waals surface area contributed by atoms with Crippen LogP contribution in [-0.4, -0.2) is 22.1 Å². The molecule has 142 valence electrons. The molecule has 0 spiro atoms. The minimum Gasteiger partial charge on any atom is -0.456 e. The summed E-state index contributed by atoms with van der Waals surface area (Å²) in [5.74, 6) is 0.144. The summed E-state index contributed by atoms with van der Waals surface area (Å²) in [6, 6.07) is 14.6. The molecule has 1 N–H and O–H groups in total. The summed E-state index contributed by atoms with van der Waals surface area (Å²) < 4.78 is 10.8. The van der Waals surface area contributed by atoms with Gasteiger partial charge in [-0.05, 0) is 36.4 Å². The Morgan fingerprint density at radius 1 is 1.21 bits per heavy atom. The number of rotatable bonds is 5. The Balaban J connectivity index is 1.33. The molecule has 1 aromatic heterocycles. The van der Waals surface area contributed by atoms with E-state index in [1.54, 1.807) is 18.3 Å². The second-order valence-corrected chi connectivity index (χ2v) is 7.76. The van der Waals surface area contributed by atoms with Crippen LogP contribution in [0.5, 0.6) is 0 Å². The van der Waals surface area contributed by atoms with E-state index in [0.717, 1.165) is 16.1 Å². The fourth-order valence-corrected chi connectivity index (χ4v) is 3.93. The molecule has 1 aliphatic heterocycles. The van der Waals surface area contributed by atoms with E-state index in [0.29, 0.717) is 10.8 Å². The first-order valence-corrected chi connectivity index (χ1v) is 9.77. The van der Waals surface area contributed by atoms with E-state index in [1.807, 2.05) is 36.4 Å². The molecule has 0 bridgehead atoms. The van der Waals surface area contributed by atoms with Crippen LogP contribution in [0.15, 0.2) is 64.0 Å². The second-order valence-electron chi connectivity index (χ2n) is 6.08. The van der Waals surface area contributed by atoms with Crippen LogP contribution >= 0.6 is 23.4 Å². The van der Waals surface area contributed by atoms with Crippen LogP contribution < -0.4 is 5.32 Å². The molecule has 1 amide bonds. The van der Waals surface area contributed by atoms with E-state index in [9.17, 15) is 9.59 Å². The molecule has 1 aliphatic rings. The Labute approximate surface area is 170 Å². The lowest BCUT2D eigenvalue weighted by Gasteiger charge is -2.23. The van der Waals surface area contributed by atoms with Gasteiger partial charge in [-0.3, -0.25) is 9.59 Å². The monoisotopic (exact) mass is 414 g/mol. The maximum atomic E-state index is 12.2. The van der Waals surface area contributed by atoms with Crippen molar-refractivity contribution in [3.8, 4) is 11.3 Å². The number of carbonyl (C=O) groups is 2. The number of hydrogen-bond acceptors (Lipinski definition) is 6. The summed E-state index contributed by atoms with van der Waals surface area (Å²) in [5.41, 5.74) is 1.58. The van der Waals surface area contributed by atoms with Gasteiger partial charge in [-0.15, -0.1) is 11.8 Å². The fourth-order valence-electron chi connectivity index (χ4n) is 2.70. The van der Waals surface area contributed by atoms with Crippen molar-refractivity contribution in [2.24, 2.45) is 0 Å². The molecule has 0 saturated heterocycles. The first-order valence-electron chi connectivity index (χ1n) is 8.51. The number of aromatic nitrogens is 1. The van der Waals surface area contributed by atoms with Gasteiger partial charge in [-0.2, -0.15) is 0 Å². The van der Waals surface area contributed by atoms with Crippen molar-refractivity contribution in [2.45, 2.75) is 23.2 Å². The molecular formula is C20H15ClN2O4S. The van der Waals surface area contributed by atoms with E-state index < -0.39 is 11.2 Å². The van der Waals surface area contributed by atoms with Crippen LogP contribution in [-0.2, 0) is 20.9 Å². The summed E-state index contributed by atoms with van der Waals surface area (Å²) in [5, 5.41) is 2.91. The van der Waals surface area contributed by atoms with E-state index in [1.165, 1.54) is 11.8 Å². The summed E-state index contributed by atoms with van der Waals surface area (Å²) >= 11 is 7.23. The van der Waals surface area contributed by atoms with Crippen LogP contribution in [0.2, 0.25) is 5.02 Å². The normalized spacial score (nSPS) is 15.6. The van der Waals surface area contributed by atoms with Gasteiger partial charge in [0.2, 0.25) is 11.8 Å². The number of amides is 1. The molecule has 0 radical (unpaired) electrons. The van der Waals surface area contributed by atoms with Crippen molar-refractivity contribution in [3.63, 3.8) is 0 Å². The highest BCUT2D eigenvalue weighted by Gasteiger charge is 2.29. The first-order chi connectivity index (χ1) is 13.6. The van der Waals surface area contributed by atoms with E-state index >= 15 is 0 Å². The Morgan fingerprint density at radius 3 is 2.82 bits per heavy atom. The number of carbonyl (C=O) groups excluding carboxylic acids is 2. The van der Waals surface area contributed by atoms with Crippen LogP contribution in [0, 0.1) is 0 Å². The van der Waals surface area contributed by atoms with Gasteiger partial charge in [0.15, 0.2) is 12.4 Å². The number of oxazole rings is 1. The third-order valence-electron chi connectivity index (χ3n) is 4.10. The molecule has 8 heteroatoms. The zero-order valence-corrected chi connectivity index (χ0v) is 16.1. The Kier molecular flexibility index (Phi) is 5.36. The molecule has 0 fully saturated rings. The molecule has 2 aromatic carbocycles. The Hall–Kier alpha value is -2.77. The number of para-hydroxylation sites is 1. The largest absolute Gasteiger partial charge is 0.456 e. The van der Waals surface area contributed by atoms with Gasteiger partial charge in [0.25, 0.3) is 0 Å². The minimum atomic E-state index is -0.531. The predicted octanol–water partition coefficient (Wildman–Crippen LogP) is 4.54. The number of thioether (sulfide) groups is 1. The number of benzene rings is 2. The number of nitrogens with one attached hydrogen (secondary N) is 1. The number of hydrogen-bond donors (Lipinski definition) is 1. The maximum Gasteiger partial charge on any atom is 0.307 e. The standard InChI is InChI=1S/C20H15ClN2O4S/c21-13-7-5-12(6-8-13)15-10-22-18(27-15)11-26-19(24)9-17-20(25)23-14-3-1-2-4-16(14)28-17/h1-8,10,17H,9,11H2,(H,23,25)/t17-/m1/s1. The minimum absolute atomic E-state index is 0.0322. The maximum absolute atomic E-state index is 12.2. The van der Waals surface area contributed by atoms with Gasteiger partial charge >= 0.3 is 5.97 Å². The summed E-state index contributed by atoms with van der Waals surface area (Å²) in [4.78, 5) is 29.4. The molecule has 0 unspecified atom stereocenters. The molecule has 0 aliphatic carbocycles. The zero-order chi connectivity index (χ0) is 19.5. The molecule has 2 heterocycles. The fraction of sp³-hybridized carbons (Fsp3) is 0.150. The van der Waals surface area contributed by atoms with Crippen LogP contribution in [0.3, 0.4) is 0 Å². The highest BCUT2D eigenvalue weighted by Crippen LogP contribution is 2.36. The van der Waals surface area contributed by atoms with Gasteiger partial charge in [0, 0.05) is 15.5 Å². The number of halogens is 1. The molecule has 0 saturated carbocycles. The van der Waals surface area contributed by atoms with Gasteiger partial charge in [0.1, 0.15) is 0 Å². The van der Waals surface area contributed by atoms with Crippen molar-refractivity contribution in [2.75, 3.05) is 5.32 Å². The first kappa shape index (κ1) is 18.6. The second kappa shape index (κ2) is 8.08. The lowest BCUT2D eigenvalue weighted by Crippen LogP contribution is -2.31. The molecule has 3 aromatic rings. The topological polar surface area (TPSA) is 81.4 Å².